The molecule has 3 rings (SSSR count). The van der Waals surface area contributed by atoms with Crippen molar-refractivity contribution in [2.75, 3.05) is 19.5 Å². The van der Waals surface area contributed by atoms with Gasteiger partial charge in [0.2, 0.25) is 5.91 Å². The molecule has 1 heterocycles. The third-order valence-electron chi connectivity index (χ3n) is 4.20. The number of rotatable bonds is 6. The highest BCUT2D eigenvalue weighted by Crippen LogP contribution is 2.21. The zero-order chi connectivity index (χ0) is 19.2. The van der Waals surface area contributed by atoms with Gasteiger partial charge in [-0.2, -0.15) is 5.10 Å². The van der Waals surface area contributed by atoms with E-state index in [4.69, 9.17) is 0 Å². The lowest BCUT2D eigenvalue weighted by Crippen LogP contribution is -2.30. The van der Waals surface area contributed by atoms with Crippen molar-refractivity contribution in [1.82, 2.24) is 15.5 Å². The van der Waals surface area contributed by atoms with Crippen LogP contribution >= 0.6 is 0 Å². The molecular formula is C20H20N4O3. The number of amides is 1. The molecule has 0 bridgehead atoms. The summed E-state index contributed by atoms with van der Waals surface area (Å²) in [6.45, 7) is 0. The number of hydrogen-bond acceptors (Lipinski definition) is 5. The minimum Gasteiger partial charge on any atom is -0.465 e. The van der Waals surface area contributed by atoms with E-state index in [0.717, 1.165) is 16.7 Å². The summed E-state index contributed by atoms with van der Waals surface area (Å²) < 4.78 is 4.69. The van der Waals surface area contributed by atoms with Gasteiger partial charge in [0, 0.05) is 17.4 Å². The minimum absolute atomic E-state index is 0.195. The lowest BCUT2D eigenvalue weighted by molar-refractivity contribution is -0.118. The lowest BCUT2D eigenvalue weighted by Gasteiger charge is -2.17. The van der Waals surface area contributed by atoms with Gasteiger partial charge in [0.1, 0.15) is 6.04 Å². The van der Waals surface area contributed by atoms with Gasteiger partial charge in [-0.25, -0.2) is 4.79 Å². The van der Waals surface area contributed by atoms with E-state index >= 15 is 0 Å². The molecule has 1 atom stereocenters. The molecule has 3 aromatic rings. The average Bonchev–Trinajstić information content (AvgIpc) is 3.24. The first-order valence-electron chi connectivity index (χ1n) is 8.38. The van der Waals surface area contributed by atoms with Gasteiger partial charge in [-0.1, -0.05) is 24.3 Å². The van der Waals surface area contributed by atoms with Gasteiger partial charge in [0.15, 0.2) is 0 Å². The number of hydrogen-bond donors (Lipinski definition) is 3. The summed E-state index contributed by atoms with van der Waals surface area (Å²) >= 11 is 0. The molecule has 7 nitrogen and oxygen atoms in total. The summed E-state index contributed by atoms with van der Waals surface area (Å²) in [5.41, 5.74) is 3.86. The maximum absolute atomic E-state index is 12.7. The number of H-pyrrole nitrogens is 1. The Bertz CT molecular complexity index is 903. The summed E-state index contributed by atoms with van der Waals surface area (Å²) in [5.74, 6) is -0.607. The number of esters is 1. The van der Waals surface area contributed by atoms with Crippen molar-refractivity contribution in [2.45, 2.75) is 6.04 Å². The molecule has 0 saturated heterocycles. The maximum Gasteiger partial charge on any atom is 0.337 e. The second kappa shape index (κ2) is 8.29. The number of carbonyl (C=O) groups is 2. The Kier molecular flexibility index (Phi) is 5.63. The largest absolute Gasteiger partial charge is 0.465 e. The predicted molar refractivity (Wildman–Crippen MR) is 102 cm³/mol. The number of nitrogens with zero attached hydrogens (tertiary/aromatic N) is 1. The van der Waals surface area contributed by atoms with Crippen LogP contribution < -0.4 is 10.6 Å². The van der Waals surface area contributed by atoms with Crippen LogP contribution in [-0.4, -0.2) is 36.2 Å². The van der Waals surface area contributed by atoms with Gasteiger partial charge in [-0.15, -0.1) is 0 Å². The number of aromatic amines is 1. The molecular weight excluding hydrogens is 344 g/mol. The number of likely N-dealkylation sites (N-methyl/N-ethyl adjacent to an activating group) is 1. The van der Waals surface area contributed by atoms with Crippen molar-refractivity contribution >= 4 is 17.6 Å². The van der Waals surface area contributed by atoms with Gasteiger partial charge < -0.3 is 15.4 Å². The van der Waals surface area contributed by atoms with Crippen LogP contribution in [0.3, 0.4) is 0 Å². The molecule has 0 spiro atoms. The molecule has 138 valence electrons. The Morgan fingerprint density at radius 3 is 2.30 bits per heavy atom. The second-order valence-electron chi connectivity index (χ2n) is 5.89. The van der Waals surface area contributed by atoms with Crippen LogP contribution in [0.15, 0.2) is 60.9 Å². The molecule has 7 heteroatoms. The van der Waals surface area contributed by atoms with Gasteiger partial charge in [-0.3, -0.25) is 9.89 Å². The first-order valence-corrected chi connectivity index (χ1v) is 8.38. The predicted octanol–water partition coefficient (Wildman–Crippen LogP) is 2.76. The topological polar surface area (TPSA) is 96.1 Å². The van der Waals surface area contributed by atoms with E-state index < -0.39 is 12.0 Å². The Balaban J connectivity index is 1.70. The zero-order valence-corrected chi connectivity index (χ0v) is 15.0. The fraction of sp³-hybridized carbons (Fsp3) is 0.150. The number of ether oxygens (including phenoxy) is 1. The Morgan fingerprint density at radius 1 is 1.04 bits per heavy atom. The summed E-state index contributed by atoms with van der Waals surface area (Å²) in [6, 6.07) is 13.7. The van der Waals surface area contributed by atoms with E-state index in [-0.39, 0.29) is 5.91 Å². The fourth-order valence-corrected chi connectivity index (χ4v) is 2.75. The molecule has 1 amide bonds. The average molecular weight is 364 g/mol. The summed E-state index contributed by atoms with van der Waals surface area (Å²) in [5, 5.41) is 12.6. The molecule has 0 saturated carbocycles. The standard InChI is InChI=1S/C20H20N4O3/c1-21-18(14-3-5-15(6-4-14)20(26)27-2)19(25)24-17-9-7-13(8-10-17)16-11-22-23-12-16/h3-12,18,21H,1-2H3,(H,22,23)(H,24,25). The Labute approximate surface area is 156 Å². The van der Waals surface area contributed by atoms with E-state index in [0.29, 0.717) is 11.3 Å². The van der Waals surface area contributed by atoms with Crippen LogP contribution in [0.4, 0.5) is 5.69 Å². The van der Waals surface area contributed by atoms with E-state index in [1.807, 2.05) is 30.5 Å². The quantitative estimate of drug-likeness (QED) is 0.585. The third-order valence-corrected chi connectivity index (χ3v) is 4.20. The monoisotopic (exact) mass is 364 g/mol. The second-order valence-corrected chi connectivity index (χ2v) is 5.89. The molecule has 2 aromatic carbocycles. The molecule has 0 aliphatic rings. The highest BCUT2D eigenvalue weighted by Gasteiger charge is 2.19. The highest BCUT2D eigenvalue weighted by atomic mass is 16.5. The normalized spacial score (nSPS) is 11.6. The van der Waals surface area contributed by atoms with Crippen LogP contribution in [-0.2, 0) is 9.53 Å². The van der Waals surface area contributed by atoms with Crippen molar-refractivity contribution in [3.05, 3.63) is 72.1 Å². The van der Waals surface area contributed by atoms with Crippen molar-refractivity contribution in [1.29, 1.82) is 0 Å². The number of aromatic nitrogens is 2. The van der Waals surface area contributed by atoms with Crippen LogP contribution in [0.1, 0.15) is 22.0 Å². The van der Waals surface area contributed by atoms with E-state index in [1.165, 1.54) is 7.11 Å². The highest BCUT2D eigenvalue weighted by molar-refractivity contribution is 5.96. The molecule has 0 aliphatic heterocycles. The lowest BCUT2D eigenvalue weighted by atomic mass is 10.0. The number of benzene rings is 2. The molecule has 1 unspecified atom stereocenters. The molecule has 0 aliphatic carbocycles. The van der Waals surface area contributed by atoms with Crippen molar-refractivity contribution in [3.63, 3.8) is 0 Å². The van der Waals surface area contributed by atoms with E-state index in [2.05, 4.69) is 25.6 Å². The van der Waals surface area contributed by atoms with Crippen LogP contribution in [0, 0.1) is 0 Å². The van der Waals surface area contributed by atoms with Gasteiger partial charge in [-0.05, 0) is 42.4 Å². The van der Waals surface area contributed by atoms with Crippen LogP contribution in [0.5, 0.6) is 0 Å². The smallest absolute Gasteiger partial charge is 0.337 e. The number of anilines is 1. The molecule has 0 fully saturated rings. The van der Waals surface area contributed by atoms with E-state index in [9.17, 15) is 9.59 Å². The van der Waals surface area contributed by atoms with E-state index in [1.54, 1.807) is 37.5 Å². The van der Waals surface area contributed by atoms with Crippen LogP contribution in [0.25, 0.3) is 11.1 Å². The molecule has 0 radical (unpaired) electrons. The number of methoxy groups -OCH3 is 1. The summed E-state index contributed by atoms with van der Waals surface area (Å²) in [4.78, 5) is 24.2. The first kappa shape index (κ1) is 18.3. The van der Waals surface area contributed by atoms with Crippen molar-refractivity contribution < 1.29 is 14.3 Å². The molecule has 3 N–H and O–H groups in total. The van der Waals surface area contributed by atoms with Gasteiger partial charge in [0.05, 0.1) is 18.9 Å². The van der Waals surface area contributed by atoms with Crippen molar-refractivity contribution in [3.8, 4) is 11.1 Å². The zero-order valence-electron chi connectivity index (χ0n) is 15.0. The fourth-order valence-electron chi connectivity index (χ4n) is 2.75. The first-order chi connectivity index (χ1) is 13.1. The SMILES string of the molecule is CNC(C(=O)Nc1ccc(-c2cn[nH]c2)cc1)c1ccc(C(=O)OC)cc1. The molecule has 27 heavy (non-hydrogen) atoms. The number of carbonyl (C=O) groups excluding carboxylic acids is 2. The minimum atomic E-state index is -0.551. The maximum atomic E-state index is 12.7. The van der Waals surface area contributed by atoms with Gasteiger partial charge in [0.25, 0.3) is 0 Å². The Morgan fingerprint density at radius 2 is 1.74 bits per heavy atom. The summed E-state index contributed by atoms with van der Waals surface area (Å²) in [7, 11) is 3.04. The third kappa shape index (κ3) is 4.21. The van der Waals surface area contributed by atoms with Gasteiger partial charge >= 0.3 is 5.97 Å². The van der Waals surface area contributed by atoms with Crippen molar-refractivity contribution in [2.24, 2.45) is 0 Å². The Hall–Kier alpha value is -3.45. The molecule has 1 aromatic heterocycles. The summed E-state index contributed by atoms with van der Waals surface area (Å²) in [6.07, 6.45) is 3.55. The van der Waals surface area contributed by atoms with Crippen LogP contribution in [0.2, 0.25) is 0 Å². The number of nitrogens with one attached hydrogen (secondary N) is 3.